The molecule has 166 valence electrons. The molecular formula is C22H21Cl2N5O3. The van der Waals surface area contributed by atoms with Crippen LogP contribution in [0.2, 0.25) is 5.02 Å². The van der Waals surface area contributed by atoms with Crippen molar-refractivity contribution in [3.05, 3.63) is 53.4 Å². The third-order valence-corrected chi connectivity index (χ3v) is 5.99. The minimum atomic E-state index is -1.10. The van der Waals surface area contributed by atoms with Gasteiger partial charge in [-0.1, -0.05) is 11.6 Å². The average molecular weight is 474 g/mol. The first-order chi connectivity index (χ1) is 15.0. The number of carbonyl (C=O) groups is 1. The van der Waals surface area contributed by atoms with Crippen molar-refractivity contribution >= 4 is 46.8 Å². The van der Waals surface area contributed by atoms with Crippen molar-refractivity contribution in [2.24, 2.45) is 0 Å². The number of rotatable bonds is 4. The molecule has 4 aromatic rings. The van der Waals surface area contributed by atoms with Gasteiger partial charge in [0, 0.05) is 34.5 Å². The number of benzene rings is 1. The number of pyridine rings is 1. The molecule has 3 aromatic heterocycles. The minimum Gasteiger partial charge on any atom is -0.478 e. The third-order valence-electron chi connectivity index (χ3n) is 5.66. The summed E-state index contributed by atoms with van der Waals surface area (Å²) in [5.74, 6) is -0.348. The van der Waals surface area contributed by atoms with Gasteiger partial charge in [0.15, 0.2) is 11.4 Å². The number of nitrogen functional groups attached to an aromatic ring is 1. The first-order valence-electron chi connectivity index (χ1n) is 9.98. The Bertz CT molecular complexity index is 1290. The molecule has 0 unspecified atom stereocenters. The van der Waals surface area contributed by atoms with Gasteiger partial charge in [0.05, 0.1) is 22.8 Å². The number of nitrogens with zero attached hydrogens (tertiary/aromatic N) is 3. The van der Waals surface area contributed by atoms with Crippen LogP contribution in [0.25, 0.3) is 33.4 Å². The molecule has 1 saturated heterocycles. The van der Waals surface area contributed by atoms with E-state index in [-0.39, 0.29) is 28.8 Å². The van der Waals surface area contributed by atoms with Gasteiger partial charge in [-0.2, -0.15) is 5.10 Å². The number of carboxylic acids is 1. The molecule has 0 atom stereocenters. The minimum absolute atomic E-state index is 0. The zero-order chi connectivity index (χ0) is 21.5. The molecule has 0 aliphatic carbocycles. The molecule has 4 heterocycles. The Kier molecular flexibility index (Phi) is 6.10. The quantitative estimate of drug-likeness (QED) is 0.394. The van der Waals surface area contributed by atoms with Gasteiger partial charge in [-0.15, -0.1) is 12.4 Å². The van der Waals surface area contributed by atoms with Gasteiger partial charge in [-0.05, 0) is 50.2 Å². The van der Waals surface area contributed by atoms with E-state index >= 15 is 0 Å². The molecule has 4 N–H and O–H groups in total. The lowest BCUT2D eigenvalue weighted by molar-refractivity contribution is 0.0697. The van der Waals surface area contributed by atoms with E-state index < -0.39 is 5.97 Å². The molecule has 0 amide bonds. The molecule has 10 heteroatoms. The highest BCUT2D eigenvalue weighted by Crippen LogP contribution is 2.37. The van der Waals surface area contributed by atoms with Crippen molar-refractivity contribution < 1.29 is 14.3 Å². The molecule has 0 saturated carbocycles. The number of piperidine rings is 1. The van der Waals surface area contributed by atoms with Crippen LogP contribution in [-0.4, -0.2) is 38.9 Å². The summed E-state index contributed by atoms with van der Waals surface area (Å²) >= 11 is 6.00. The maximum absolute atomic E-state index is 11.4. The summed E-state index contributed by atoms with van der Waals surface area (Å²) in [6.45, 7) is 1.97. The van der Waals surface area contributed by atoms with Gasteiger partial charge < -0.3 is 20.6 Å². The van der Waals surface area contributed by atoms with E-state index in [2.05, 4.69) is 15.4 Å². The summed E-state index contributed by atoms with van der Waals surface area (Å²) in [6.07, 6.45) is 7.64. The van der Waals surface area contributed by atoms with Crippen LogP contribution in [-0.2, 0) is 0 Å². The van der Waals surface area contributed by atoms with Crippen LogP contribution >= 0.6 is 24.0 Å². The number of hydrogen-bond donors (Lipinski definition) is 3. The van der Waals surface area contributed by atoms with Gasteiger partial charge in [0.2, 0.25) is 0 Å². The summed E-state index contributed by atoms with van der Waals surface area (Å²) in [6, 6.07) is 6.96. The number of hydrogen-bond acceptors (Lipinski definition) is 6. The number of anilines is 1. The van der Waals surface area contributed by atoms with Crippen molar-refractivity contribution in [3.63, 3.8) is 0 Å². The molecule has 32 heavy (non-hydrogen) atoms. The molecular weight excluding hydrogens is 453 g/mol. The Balaban J connectivity index is 0.00000245. The highest BCUT2D eigenvalue weighted by Gasteiger charge is 2.20. The van der Waals surface area contributed by atoms with Gasteiger partial charge in [-0.25, -0.2) is 9.78 Å². The highest BCUT2D eigenvalue weighted by atomic mass is 35.5. The Hall–Kier alpha value is -3.07. The molecule has 0 radical (unpaired) electrons. The fourth-order valence-electron chi connectivity index (χ4n) is 4.01. The number of fused-ring (bicyclic) bond motifs is 1. The van der Waals surface area contributed by atoms with Crippen LogP contribution < -0.4 is 11.1 Å². The van der Waals surface area contributed by atoms with E-state index in [1.165, 1.54) is 6.07 Å². The highest BCUT2D eigenvalue weighted by molar-refractivity contribution is 6.33. The first-order valence-corrected chi connectivity index (χ1v) is 10.4. The van der Waals surface area contributed by atoms with E-state index in [9.17, 15) is 9.90 Å². The van der Waals surface area contributed by atoms with Crippen LogP contribution in [0.5, 0.6) is 0 Å². The second-order valence-corrected chi connectivity index (χ2v) is 8.01. The average Bonchev–Trinajstić information content (AvgIpc) is 3.43. The number of aromatic nitrogens is 3. The Morgan fingerprint density at radius 1 is 1.22 bits per heavy atom. The normalized spacial score (nSPS) is 14.4. The van der Waals surface area contributed by atoms with Crippen molar-refractivity contribution in [2.75, 3.05) is 18.8 Å². The number of nitrogens with one attached hydrogen (secondary N) is 1. The van der Waals surface area contributed by atoms with Crippen molar-refractivity contribution in [2.45, 2.75) is 18.9 Å². The molecule has 1 aliphatic rings. The Labute approximate surface area is 194 Å². The number of aromatic carboxylic acids is 1. The number of halogens is 2. The molecule has 1 aromatic carbocycles. The number of carboxylic acid groups (broad SMARTS) is 1. The van der Waals surface area contributed by atoms with Crippen LogP contribution in [0.15, 0.2) is 47.3 Å². The molecule has 5 rings (SSSR count). The van der Waals surface area contributed by atoms with Gasteiger partial charge >= 0.3 is 5.97 Å². The SMILES string of the molecule is Cl.Nc1ncc(-c2cnn(C3CCNCC3)c2)c2cc(-c3ccc(Cl)c(C(=O)O)c3)oc12. The fraction of sp³-hybridized carbons (Fsp3) is 0.227. The number of furan rings is 1. The topological polar surface area (TPSA) is 119 Å². The zero-order valence-electron chi connectivity index (χ0n) is 16.9. The summed E-state index contributed by atoms with van der Waals surface area (Å²) in [5, 5.41) is 18.3. The maximum Gasteiger partial charge on any atom is 0.337 e. The van der Waals surface area contributed by atoms with Gasteiger partial charge in [-0.3, -0.25) is 4.68 Å². The fourth-order valence-corrected chi connectivity index (χ4v) is 4.20. The Morgan fingerprint density at radius 2 is 2.00 bits per heavy atom. The monoisotopic (exact) mass is 473 g/mol. The molecule has 0 bridgehead atoms. The van der Waals surface area contributed by atoms with Crippen LogP contribution in [0.3, 0.4) is 0 Å². The van der Waals surface area contributed by atoms with Gasteiger partial charge in [0.1, 0.15) is 5.76 Å². The Morgan fingerprint density at radius 3 is 2.75 bits per heavy atom. The zero-order valence-corrected chi connectivity index (χ0v) is 18.5. The first kappa shape index (κ1) is 22.1. The molecule has 0 spiro atoms. The maximum atomic E-state index is 11.4. The molecule has 8 nitrogen and oxygen atoms in total. The lowest BCUT2D eigenvalue weighted by Gasteiger charge is -2.22. The van der Waals surface area contributed by atoms with E-state index in [1.807, 2.05) is 23.1 Å². The smallest absolute Gasteiger partial charge is 0.337 e. The second-order valence-electron chi connectivity index (χ2n) is 7.60. The van der Waals surface area contributed by atoms with E-state index in [4.69, 9.17) is 21.8 Å². The van der Waals surface area contributed by atoms with Crippen LogP contribution in [0.4, 0.5) is 5.82 Å². The van der Waals surface area contributed by atoms with Crippen LogP contribution in [0.1, 0.15) is 29.2 Å². The van der Waals surface area contributed by atoms with Crippen molar-refractivity contribution in [1.29, 1.82) is 0 Å². The third kappa shape index (κ3) is 3.92. The molecule has 1 fully saturated rings. The van der Waals surface area contributed by atoms with Crippen LogP contribution in [0, 0.1) is 0 Å². The van der Waals surface area contributed by atoms with E-state index in [1.54, 1.807) is 18.3 Å². The lowest BCUT2D eigenvalue weighted by atomic mass is 10.0. The van der Waals surface area contributed by atoms with E-state index in [0.717, 1.165) is 42.4 Å². The van der Waals surface area contributed by atoms with Crippen molar-refractivity contribution in [3.8, 4) is 22.5 Å². The van der Waals surface area contributed by atoms with Gasteiger partial charge in [0.25, 0.3) is 0 Å². The predicted molar refractivity (Wildman–Crippen MR) is 125 cm³/mol. The lowest BCUT2D eigenvalue weighted by Crippen LogP contribution is -2.29. The van der Waals surface area contributed by atoms with Crippen molar-refractivity contribution in [1.82, 2.24) is 20.1 Å². The summed E-state index contributed by atoms with van der Waals surface area (Å²) < 4.78 is 8.00. The second kappa shape index (κ2) is 8.82. The predicted octanol–water partition coefficient (Wildman–Crippen LogP) is 4.64. The summed E-state index contributed by atoms with van der Waals surface area (Å²) in [5.41, 5.74) is 8.90. The largest absolute Gasteiger partial charge is 0.478 e. The van der Waals surface area contributed by atoms with E-state index in [0.29, 0.717) is 22.9 Å². The summed E-state index contributed by atoms with van der Waals surface area (Å²) in [4.78, 5) is 15.7. The number of nitrogens with two attached hydrogens (primary N) is 1. The molecule has 1 aliphatic heterocycles. The summed E-state index contributed by atoms with van der Waals surface area (Å²) in [7, 11) is 0. The standard InChI is InChI=1S/C22H20ClN5O3.ClH/c23-18-2-1-12(7-16(18)22(29)30)19-8-15-17(10-26-21(24)20(15)31-19)13-9-27-28(11-13)14-3-5-25-6-4-14;/h1-2,7-11,14,25H,3-6H2,(H2,24,26)(H,29,30);1H.